The monoisotopic (exact) mass is 413 g/mol. The van der Waals surface area contributed by atoms with Crippen LogP contribution in [-0.4, -0.2) is 13.2 Å². The largest absolute Gasteiger partial charge is 0.494 e. The third-order valence-corrected chi connectivity index (χ3v) is 4.43. The molecule has 0 aliphatic heterocycles. The van der Waals surface area contributed by atoms with Gasteiger partial charge in [-0.3, -0.25) is 0 Å². The minimum Gasteiger partial charge on any atom is -0.494 e. The SMILES string of the molecule is NCCCCCCCCCCCCOc1cc(C(F)(F)F)cc(C(F)(F)F)c1. The molecule has 1 aromatic carbocycles. The second kappa shape index (κ2) is 12.2. The number of alkyl halides is 6. The Bertz CT molecular complexity index is 524. The fourth-order valence-corrected chi connectivity index (χ4v) is 2.86. The molecule has 0 saturated carbocycles. The highest BCUT2D eigenvalue weighted by atomic mass is 19.4. The normalized spacial score (nSPS) is 12.4. The van der Waals surface area contributed by atoms with Gasteiger partial charge in [0.05, 0.1) is 17.7 Å². The second-order valence-electron chi connectivity index (χ2n) is 6.91. The summed E-state index contributed by atoms with van der Waals surface area (Å²) in [5, 5.41) is 0. The highest BCUT2D eigenvalue weighted by Crippen LogP contribution is 2.38. The minimum absolute atomic E-state index is 0.0949. The Morgan fingerprint density at radius 3 is 1.39 bits per heavy atom. The Kier molecular flexibility index (Phi) is 10.7. The van der Waals surface area contributed by atoms with Gasteiger partial charge in [-0.2, -0.15) is 26.3 Å². The molecule has 0 aliphatic rings. The maximum Gasteiger partial charge on any atom is 0.416 e. The van der Waals surface area contributed by atoms with Gasteiger partial charge in [-0.05, 0) is 37.6 Å². The first-order chi connectivity index (χ1) is 13.1. The number of ether oxygens (including phenoxy) is 1. The van der Waals surface area contributed by atoms with Gasteiger partial charge in [0.15, 0.2) is 0 Å². The number of nitrogens with two attached hydrogens (primary N) is 1. The highest BCUT2D eigenvalue weighted by molar-refractivity contribution is 5.37. The third kappa shape index (κ3) is 10.2. The first kappa shape index (κ1) is 24.6. The Labute approximate surface area is 162 Å². The molecule has 0 bridgehead atoms. The summed E-state index contributed by atoms with van der Waals surface area (Å²) in [5.41, 5.74) is 2.71. The van der Waals surface area contributed by atoms with Crippen molar-refractivity contribution >= 4 is 0 Å². The molecule has 8 heteroatoms. The minimum atomic E-state index is -4.86. The van der Waals surface area contributed by atoms with E-state index < -0.39 is 29.2 Å². The first-order valence-corrected chi connectivity index (χ1v) is 9.77. The number of halogens is 6. The Morgan fingerprint density at radius 1 is 0.607 bits per heavy atom. The number of unbranched alkanes of at least 4 members (excludes halogenated alkanes) is 9. The fourth-order valence-electron chi connectivity index (χ4n) is 2.86. The van der Waals surface area contributed by atoms with Crippen molar-refractivity contribution in [2.24, 2.45) is 5.73 Å². The smallest absolute Gasteiger partial charge is 0.416 e. The van der Waals surface area contributed by atoms with Crippen LogP contribution in [0.4, 0.5) is 26.3 Å². The lowest BCUT2D eigenvalue weighted by Crippen LogP contribution is -2.11. The molecule has 1 aromatic rings. The molecule has 0 aliphatic carbocycles. The molecule has 2 nitrogen and oxygen atoms in total. The van der Waals surface area contributed by atoms with Gasteiger partial charge in [0.2, 0.25) is 0 Å². The van der Waals surface area contributed by atoms with E-state index in [9.17, 15) is 26.3 Å². The van der Waals surface area contributed by atoms with Gasteiger partial charge in [0, 0.05) is 0 Å². The molecule has 28 heavy (non-hydrogen) atoms. The summed E-state index contributed by atoms with van der Waals surface area (Å²) in [6.45, 7) is 0.831. The molecule has 0 fully saturated rings. The summed E-state index contributed by atoms with van der Waals surface area (Å²) in [4.78, 5) is 0. The number of hydrogen-bond acceptors (Lipinski definition) is 2. The molecule has 0 spiro atoms. The lowest BCUT2D eigenvalue weighted by molar-refractivity contribution is -0.143. The third-order valence-electron chi connectivity index (χ3n) is 4.43. The number of rotatable bonds is 13. The van der Waals surface area contributed by atoms with Crippen LogP contribution < -0.4 is 10.5 Å². The van der Waals surface area contributed by atoms with Crippen LogP contribution in [0.1, 0.15) is 75.3 Å². The lowest BCUT2D eigenvalue weighted by atomic mass is 10.1. The molecule has 0 atom stereocenters. The summed E-state index contributed by atoms with van der Waals surface area (Å²) >= 11 is 0. The van der Waals surface area contributed by atoms with E-state index in [-0.39, 0.29) is 12.7 Å². The van der Waals surface area contributed by atoms with E-state index in [2.05, 4.69) is 0 Å². The summed E-state index contributed by atoms with van der Waals surface area (Å²) in [5.74, 6) is -0.403. The Balaban J connectivity index is 2.30. The van der Waals surface area contributed by atoms with Crippen LogP contribution in [0.3, 0.4) is 0 Å². The molecule has 0 amide bonds. The van der Waals surface area contributed by atoms with E-state index in [1.165, 1.54) is 25.7 Å². The van der Waals surface area contributed by atoms with Crippen LogP contribution in [0.25, 0.3) is 0 Å². The fraction of sp³-hybridized carbons (Fsp3) is 0.700. The molecule has 0 saturated heterocycles. The zero-order valence-corrected chi connectivity index (χ0v) is 16.0. The quantitative estimate of drug-likeness (QED) is 0.280. The standard InChI is InChI=1S/C20H29F6NO/c21-19(22,23)16-13-17(20(24,25)26)15-18(14-16)28-12-10-8-6-4-2-1-3-5-7-9-11-27/h13-15H,1-12,27H2. The van der Waals surface area contributed by atoms with Crippen LogP contribution in [0.15, 0.2) is 18.2 Å². The average molecular weight is 413 g/mol. The predicted octanol–water partition coefficient (Wildman–Crippen LogP) is 6.96. The molecule has 0 radical (unpaired) electrons. The maximum absolute atomic E-state index is 12.8. The van der Waals surface area contributed by atoms with Crippen LogP contribution in [0.5, 0.6) is 5.75 Å². The van der Waals surface area contributed by atoms with Gasteiger partial charge < -0.3 is 10.5 Å². The van der Waals surface area contributed by atoms with E-state index in [0.717, 1.165) is 38.6 Å². The van der Waals surface area contributed by atoms with Crippen molar-refractivity contribution in [1.29, 1.82) is 0 Å². The van der Waals surface area contributed by atoms with Crippen molar-refractivity contribution < 1.29 is 31.1 Å². The van der Waals surface area contributed by atoms with Crippen molar-refractivity contribution in [1.82, 2.24) is 0 Å². The molecule has 1 rings (SSSR count). The van der Waals surface area contributed by atoms with Gasteiger partial charge in [0.25, 0.3) is 0 Å². The zero-order chi connectivity index (χ0) is 21.0. The van der Waals surface area contributed by atoms with Gasteiger partial charge >= 0.3 is 12.4 Å². The van der Waals surface area contributed by atoms with Gasteiger partial charge in [0.1, 0.15) is 5.75 Å². The van der Waals surface area contributed by atoms with Crippen LogP contribution in [-0.2, 0) is 12.4 Å². The second-order valence-corrected chi connectivity index (χ2v) is 6.91. The van der Waals surface area contributed by atoms with E-state index in [1.54, 1.807) is 0 Å². The van der Waals surface area contributed by atoms with Crippen molar-refractivity contribution in [3.05, 3.63) is 29.3 Å². The topological polar surface area (TPSA) is 35.2 Å². The summed E-state index contributed by atoms with van der Waals surface area (Å²) in [6.07, 6.45) is 0.677. The van der Waals surface area contributed by atoms with E-state index in [0.29, 0.717) is 18.6 Å². The van der Waals surface area contributed by atoms with Crippen LogP contribution in [0, 0.1) is 0 Å². The highest BCUT2D eigenvalue weighted by Gasteiger charge is 2.37. The van der Waals surface area contributed by atoms with Crippen LogP contribution in [0.2, 0.25) is 0 Å². The van der Waals surface area contributed by atoms with Crippen molar-refractivity contribution in [2.45, 2.75) is 76.6 Å². The van der Waals surface area contributed by atoms with E-state index >= 15 is 0 Å². The van der Waals surface area contributed by atoms with E-state index in [4.69, 9.17) is 10.5 Å². The van der Waals surface area contributed by atoms with Crippen molar-refractivity contribution in [3.8, 4) is 5.75 Å². The summed E-state index contributed by atoms with van der Waals surface area (Å²) in [6, 6.07) is 1.32. The summed E-state index contributed by atoms with van der Waals surface area (Å²) in [7, 11) is 0. The first-order valence-electron chi connectivity index (χ1n) is 9.77. The van der Waals surface area contributed by atoms with Gasteiger partial charge in [-0.1, -0.05) is 51.4 Å². The average Bonchev–Trinajstić information content (AvgIpc) is 2.61. The predicted molar refractivity (Wildman–Crippen MR) is 97.2 cm³/mol. The Morgan fingerprint density at radius 2 is 1.00 bits per heavy atom. The molecule has 0 heterocycles. The summed E-state index contributed by atoms with van der Waals surface area (Å²) < 4.78 is 81.9. The molecular formula is C20H29F6NO. The van der Waals surface area contributed by atoms with Crippen molar-refractivity contribution in [2.75, 3.05) is 13.2 Å². The molecule has 0 unspecified atom stereocenters. The van der Waals surface area contributed by atoms with Gasteiger partial charge in [-0.15, -0.1) is 0 Å². The molecule has 0 aromatic heterocycles. The van der Waals surface area contributed by atoms with Gasteiger partial charge in [-0.25, -0.2) is 0 Å². The molecule has 2 N–H and O–H groups in total. The lowest BCUT2D eigenvalue weighted by Gasteiger charge is -2.14. The Hall–Kier alpha value is -1.44. The zero-order valence-electron chi connectivity index (χ0n) is 16.0. The number of hydrogen-bond donors (Lipinski definition) is 1. The number of benzene rings is 1. The maximum atomic E-state index is 12.8. The molecular weight excluding hydrogens is 384 g/mol. The van der Waals surface area contributed by atoms with Crippen LogP contribution >= 0.6 is 0 Å². The van der Waals surface area contributed by atoms with E-state index in [1.807, 2.05) is 0 Å². The van der Waals surface area contributed by atoms with Crippen molar-refractivity contribution in [3.63, 3.8) is 0 Å². The molecule has 162 valence electrons.